The van der Waals surface area contributed by atoms with Gasteiger partial charge in [0.2, 0.25) is 0 Å². The maximum Gasteiger partial charge on any atom is 0.274 e. The van der Waals surface area contributed by atoms with Crippen LogP contribution in [0.3, 0.4) is 0 Å². The molecule has 4 aromatic rings. The molecule has 3 heterocycles. The molecule has 0 saturated carbocycles. The first-order valence-electron chi connectivity index (χ1n) is 11.4. The van der Waals surface area contributed by atoms with Crippen molar-refractivity contribution in [2.45, 2.75) is 25.9 Å². The molecule has 33 heavy (non-hydrogen) atoms. The van der Waals surface area contributed by atoms with E-state index < -0.39 is 0 Å². The predicted molar refractivity (Wildman–Crippen MR) is 129 cm³/mol. The molecular formula is C26H27N5O2. The van der Waals surface area contributed by atoms with Crippen LogP contribution in [-0.2, 0) is 13.1 Å². The fourth-order valence-corrected chi connectivity index (χ4v) is 4.39. The molecule has 7 heteroatoms. The molecule has 0 spiro atoms. The topological polar surface area (TPSA) is 72.2 Å². The lowest BCUT2D eigenvalue weighted by Gasteiger charge is -2.16. The molecule has 0 bridgehead atoms. The Hall–Kier alpha value is -3.71. The van der Waals surface area contributed by atoms with Gasteiger partial charge in [-0.25, -0.2) is 4.68 Å². The van der Waals surface area contributed by atoms with Gasteiger partial charge in [-0.2, -0.15) is 5.10 Å². The first kappa shape index (κ1) is 21.2. The van der Waals surface area contributed by atoms with Crippen LogP contribution in [0.15, 0.2) is 77.9 Å². The first-order valence-corrected chi connectivity index (χ1v) is 11.4. The lowest BCUT2D eigenvalue weighted by molar-refractivity contribution is 0.0950. The van der Waals surface area contributed by atoms with Gasteiger partial charge in [-0.05, 0) is 68.4 Å². The number of benzene rings is 2. The highest BCUT2D eigenvalue weighted by Gasteiger charge is 2.15. The van der Waals surface area contributed by atoms with E-state index in [0.29, 0.717) is 23.2 Å². The first-order chi connectivity index (χ1) is 16.2. The smallest absolute Gasteiger partial charge is 0.274 e. The molecule has 0 radical (unpaired) electrons. The van der Waals surface area contributed by atoms with E-state index in [4.69, 9.17) is 0 Å². The van der Waals surface area contributed by atoms with E-state index in [9.17, 15) is 9.59 Å². The van der Waals surface area contributed by atoms with Gasteiger partial charge in [0.1, 0.15) is 0 Å². The Morgan fingerprint density at radius 3 is 2.30 bits per heavy atom. The van der Waals surface area contributed by atoms with Crippen molar-refractivity contribution in [3.05, 3.63) is 94.7 Å². The van der Waals surface area contributed by atoms with Crippen LogP contribution in [0, 0.1) is 0 Å². The fourth-order valence-electron chi connectivity index (χ4n) is 4.39. The van der Waals surface area contributed by atoms with Crippen LogP contribution in [0.25, 0.3) is 16.5 Å². The van der Waals surface area contributed by atoms with Gasteiger partial charge in [-0.1, -0.05) is 18.2 Å². The summed E-state index contributed by atoms with van der Waals surface area (Å²) >= 11 is 0. The molecule has 1 aliphatic heterocycles. The molecule has 1 fully saturated rings. The number of aromatic nitrogens is 3. The second-order valence-electron chi connectivity index (χ2n) is 8.39. The third-order valence-corrected chi connectivity index (χ3v) is 6.22. The fraction of sp³-hybridized carbons (Fsp3) is 0.269. The zero-order chi connectivity index (χ0) is 22.6. The van der Waals surface area contributed by atoms with Gasteiger partial charge in [-0.3, -0.25) is 9.59 Å². The normalized spacial score (nSPS) is 14.1. The zero-order valence-electron chi connectivity index (χ0n) is 18.5. The molecule has 168 valence electrons. The number of likely N-dealkylation sites (tertiary alicyclic amines) is 1. The Kier molecular flexibility index (Phi) is 6.04. The molecule has 1 amide bonds. The Bertz CT molecular complexity index is 1300. The number of fused-ring (bicyclic) bond motifs is 1. The summed E-state index contributed by atoms with van der Waals surface area (Å²) in [5, 5.41) is 9.02. The number of nitrogens with one attached hydrogen (secondary N) is 1. The number of carbonyl (C=O) groups excluding carboxylic acids is 1. The Balaban J connectivity index is 1.33. The summed E-state index contributed by atoms with van der Waals surface area (Å²) in [7, 11) is 0. The molecule has 0 atom stereocenters. The van der Waals surface area contributed by atoms with Crippen LogP contribution in [-0.4, -0.2) is 44.8 Å². The van der Waals surface area contributed by atoms with E-state index in [1.165, 1.54) is 12.8 Å². The number of carbonyl (C=O) groups is 1. The van der Waals surface area contributed by atoms with Crippen molar-refractivity contribution in [2.75, 3.05) is 19.6 Å². The molecule has 7 nitrogen and oxygen atoms in total. The molecule has 5 rings (SSSR count). The summed E-state index contributed by atoms with van der Waals surface area (Å²) in [4.78, 5) is 28.1. The van der Waals surface area contributed by atoms with E-state index in [-0.39, 0.29) is 18.0 Å². The molecule has 1 N–H and O–H groups in total. The Labute approximate surface area is 192 Å². The van der Waals surface area contributed by atoms with Crippen molar-refractivity contribution < 1.29 is 4.79 Å². The third kappa shape index (κ3) is 4.59. The highest BCUT2D eigenvalue weighted by molar-refractivity contribution is 5.94. The van der Waals surface area contributed by atoms with E-state index in [0.717, 1.165) is 30.7 Å². The van der Waals surface area contributed by atoms with Gasteiger partial charge < -0.3 is 14.8 Å². The minimum absolute atomic E-state index is 0.0829. The second-order valence-corrected chi connectivity index (χ2v) is 8.39. The van der Waals surface area contributed by atoms with Crippen molar-refractivity contribution >= 4 is 16.7 Å². The summed E-state index contributed by atoms with van der Waals surface area (Å²) in [6.07, 6.45) is 6.35. The maximum atomic E-state index is 13.0. The molecule has 0 aliphatic carbocycles. The molecule has 1 saturated heterocycles. The van der Waals surface area contributed by atoms with Gasteiger partial charge in [0, 0.05) is 35.6 Å². The Morgan fingerprint density at radius 1 is 0.879 bits per heavy atom. The number of hydrogen-bond acceptors (Lipinski definition) is 4. The average molecular weight is 442 g/mol. The lowest BCUT2D eigenvalue weighted by atomic mass is 10.1. The van der Waals surface area contributed by atoms with Gasteiger partial charge in [0.05, 0.1) is 24.2 Å². The molecule has 0 unspecified atom stereocenters. The van der Waals surface area contributed by atoms with Crippen LogP contribution in [0.2, 0.25) is 0 Å². The largest absolute Gasteiger partial charge is 0.346 e. The van der Waals surface area contributed by atoms with Crippen LogP contribution < -0.4 is 10.9 Å². The predicted octanol–water partition coefficient (Wildman–Crippen LogP) is 3.21. The molecule has 2 aromatic carbocycles. The lowest BCUT2D eigenvalue weighted by Crippen LogP contribution is -2.32. The standard InChI is InChI=1S/C26H27N5O2/c32-25(20-9-11-21(12-10-20)30-15-5-6-16-30)27-19-24-22-7-1-2-8-23(22)26(33)31(28-24)18-17-29-13-3-4-14-29/h1-2,5-12,15-16H,3-4,13-14,17-19H2,(H,27,32). The van der Waals surface area contributed by atoms with Crippen molar-refractivity contribution in [1.29, 1.82) is 0 Å². The van der Waals surface area contributed by atoms with Crippen molar-refractivity contribution in [3.8, 4) is 5.69 Å². The third-order valence-electron chi connectivity index (χ3n) is 6.22. The Morgan fingerprint density at radius 2 is 1.58 bits per heavy atom. The minimum atomic E-state index is -0.172. The highest BCUT2D eigenvalue weighted by Crippen LogP contribution is 2.15. The summed E-state index contributed by atoms with van der Waals surface area (Å²) in [6.45, 7) is 3.77. The minimum Gasteiger partial charge on any atom is -0.346 e. The molecule has 1 aliphatic rings. The van der Waals surface area contributed by atoms with Gasteiger partial charge >= 0.3 is 0 Å². The van der Waals surface area contributed by atoms with Crippen molar-refractivity contribution in [2.24, 2.45) is 0 Å². The molecular weight excluding hydrogens is 414 g/mol. The quantitative estimate of drug-likeness (QED) is 0.478. The van der Waals surface area contributed by atoms with Gasteiger partial charge in [0.15, 0.2) is 0 Å². The summed E-state index contributed by atoms with van der Waals surface area (Å²) in [6, 6.07) is 18.9. The molecule has 2 aromatic heterocycles. The van der Waals surface area contributed by atoms with E-state index in [2.05, 4.69) is 15.3 Å². The number of amides is 1. The van der Waals surface area contributed by atoms with E-state index >= 15 is 0 Å². The van der Waals surface area contributed by atoms with Gasteiger partial charge in [0.25, 0.3) is 11.5 Å². The van der Waals surface area contributed by atoms with Crippen molar-refractivity contribution in [3.63, 3.8) is 0 Å². The number of nitrogens with zero attached hydrogens (tertiary/aromatic N) is 4. The SMILES string of the molecule is O=C(NCc1nn(CCN2CCCC2)c(=O)c2ccccc12)c1ccc(-n2cccc2)cc1. The van der Waals surface area contributed by atoms with Crippen molar-refractivity contribution in [1.82, 2.24) is 24.6 Å². The highest BCUT2D eigenvalue weighted by atomic mass is 16.1. The zero-order valence-corrected chi connectivity index (χ0v) is 18.5. The van der Waals surface area contributed by atoms with Crippen LogP contribution in [0.1, 0.15) is 28.9 Å². The van der Waals surface area contributed by atoms with Crippen LogP contribution in [0.4, 0.5) is 0 Å². The second kappa shape index (κ2) is 9.42. The maximum absolute atomic E-state index is 13.0. The summed E-state index contributed by atoms with van der Waals surface area (Å²) < 4.78 is 3.54. The average Bonchev–Trinajstić information content (AvgIpc) is 3.58. The number of hydrogen-bond donors (Lipinski definition) is 1. The summed E-state index contributed by atoms with van der Waals surface area (Å²) in [5.41, 5.74) is 2.19. The monoisotopic (exact) mass is 441 g/mol. The van der Waals surface area contributed by atoms with Crippen LogP contribution in [0.5, 0.6) is 0 Å². The number of rotatable bonds is 7. The van der Waals surface area contributed by atoms with Crippen LogP contribution >= 0.6 is 0 Å². The summed E-state index contributed by atoms with van der Waals surface area (Å²) in [5.74, 6) is -0.172. The van der Waals surface area contributed by atoms with E-state index in [1.807, 2.05) is 77.6 Å². The van der Waals surface area contributed by atoms with E-state index in [1.54, 1.807) is 4.68 Å². The van der Waals surface area contributed by atoms with Gasteiger partial charge in [-0.15, -0.1) is 0 Å².